The van der Waals surface area contributed by atoms with Gasteiger partial charge in [-0.05, 0) is 19.1 Å². The van der Waals surface area contributed by atoms with E-state index in [0.29, 0.717) is 5.69 Å². The minimum Gasteiger partial charge on any atom is -0.310 e. The lowest BCUT2D eigenvalue weighted by atomic mass is 10.1. The number of hydrogen-bond acceptors (Lipinski definition) is 4. The number of amides is 2. The van der Waals surface area contributed by atoms with E-state index < -0.39 is 40.7 Å². The number of benzene rings is 1. The number of nitrogens with one attached hydrogen (secondary N) is 2. The van der Waals surface area contributed by atoms with Crippen LogP contribution in [0.5, 0.6) is 0 Å². The largest absolute Gasteiger partial charge is 0.347 e. The second-order valence-corrected chi connectivity index (χ2v) is 5.72. The molecule has 25 heavy (non-hydrogen) atoms. The summed E-state index contributed by atoms with van der Waals surface area (Å²) in [5.41, 5.74) is -0.575. The molecule has 1 fully saturated rings. The number of aromatic nitrogens is 2. The zero-order chi connectivity index (χ0) is 18.1. The van der Waals surface area contributed by atoms with Crippen LogP contribution in [0.2, 0.25) is 0 Å². The van der Waals surface area contributed by atoms with E-state index in [-0.39, 0.29) is 18.8 Å². The van der Waals surface area contributed by atoms with Gasteiger partial charge in [-0.25, -0.2) is 13.6 Å². The van der Waals surface area contributed by atoms with E-state index in [4.69, 9.17) is 0 Å². The van der Waals surface area contributed by atoms with Crippen LogP contribution >= 0.6 is 0 Å². The van der Waals surface area contributed by atoms with Gasteiger partial charge in [-0.2, -0.15) is 4.98 Å². The van der Waals surface area contributed by atoms with Gasteiger partial charge in [-0.15, -0.1) is 0 Å². The van der Waals surface area contributed by atoms with Gasteiger partial charge in [-0.1, -0.05) is 6.07 Å². The van der Waals surface area contributed by atoms with Crippen molar-refractivity contribution in [3.63, 3.8) is 0 Å². The van der Waals surface area contributed by atoms with Gasteiger partial charge in [0.25, 0.3) is 0 Å². The molecule has 0 aliphatic carbocycles. The first-order chi connectivity index (χ1) is 11.8. The van der Waals surface area contributed by atoms with E-state index in [1.54, 1.807) is 6.92 Å². The number of aryl methyl sites for hydroxylation is 1. The Kier molecular flexibility index (Phi) is 4.30. The quantitative estimate of drug-likeness (QED) is 0.875. The lowest BCUT2D eigenvalue weighted by Gasteiger charge is -2.18. The molecule has 1 aliphatic heterocycles. The van der Waals surface area contributed by atoms with Gasteiger partial charge >= 0.3 is 5.69 Å². The minimum absolute atomic E-state index is 0.0502. The second kappa shape index (κ2) is 6.42. The predicted molar refractivity (Wildman–Crippen MR) is 85.0 cm³/mol. The molecule has 0 spiro atoms. The molecule has 1 aromatic carbocycles. The number of carbonyl (C=O) groups excluding carboxylic acids is 2. The van der Waals surface area contributed by atoms with Gasteiger partial charge in [-0.3, -0.25) is 9.59 Å². The van der Waals surface area contributed by atoms with Crippen molar-refractivity contribution in [1.82, 2.24) is 9.97 Å². The Morgan fingerprint density at radius 2 is 2.00 bits per heavy atom. The molecule has 1 saturated heterocycles. The summed E-state index contributed by atoms with van der Waals surface area (Å²) < 4.78 is 27.7. The molecule has 1 atom stereocenters. The molecule has 3 rings (SSSR count). The fourth-order valence-corrected chi connectivity index (χ4v) is 2.72. The lowest BCUT2D eigenvalue weighted by molar-refractivity contribution is -0.122. The molecule has 130 valence electrons. The summed E-state index contributed by atoms with van der Waals surface area (Å²) in [6.45, 7) is 1.46. The summed E-state index contributed by atoms with van der Waals surface area (Å²) in [7, 11) is 0. The molecule has 2 amide bonds. The summed E-state index contributed by atoms with van der Waals surface area (Å²) in [4.78, 5) is 42.7. The molecule has 2 heterocycles. The molecule has 7 nitrogen and oxygen atoms in total. The Morgan fingerprint density at radius 3 is 2.64 bits per heavy atom. The van der Waals surface area contributed by atoms with Crippen LogP contribution in [0, 0.1) is 24.5 Å². The number of nitrogens with zero attached hydrogens (tertiary/aromatic N) is 2. The van der Waals surface area contributed by atoms with Crippen LogP contribution in [0.1, 0.15) is 12.1 Å². The maximum absolute atomic E-state index is 13.9. The lowest BCUT2D eigenvalue weighted by Crippen LogP contribution is -2.30. The molecule has 0 bridgehead atoms. The number of halogens is 2. The van der Waals surface area contributed by atoms with Crippen LogP contribution in [0.4, 0.5) is 20.3 Å². The topological polar surface area (TPSA) is 95.2 Å². The number of anilines is 2. The minimum atomic E-state index is -0.874. The molecule has 1 aliphatic rings. The van der Waals surface area contributed by atoms with Crippen LogP contribution in [-0.2, 0) is 9.59 Å². The van der Waals surface area contributed by atoms with Crippen LogP contribution in [0.3, 0.4) is 0 Å². The van der Waals surface area contributed by atoms with Gasteiger partial charge in [0.2, 0.25) is 11.8 Å². The first kappa shape index (κ1) is 16.7. The Bertz CT molecular complexity index is 892. The SMILES string of the molecule is Cc1cc(NC(=O)[C@@H]2CC(=O)N(c3c(F)cccc3F)C2)nc(=O)[nH]1. The zero-order valence-corrected chi connectivity index (χ0v) is 13.2. The molecule has 9 heteroatoms. The van der Waals surface area contributed by atoms with Gasteiger partial charge in [0.15, 0.2) is 0 Å². The monoisotopic (exact) mass is 348 g/mol. The van der Waals surface area contributed by atoms with E-state index >= 15 is 0 Å². The number of H-pyrrole nitrogens is 1. The van der Waals surface area contributed by atoms with Crippen molar-refractivity contribution in [2.45, 2.75) is 13.3 Å². The average Bonchev–Trinajstić information content (AvgIpc) is 2.88. The first-order valence-corrected chi connectivity index (χ1v) is 7.48. The van der Waals surface area contributed by atoms with Crippen LogP contribution in [-0.4, -0.2) is 28.3 Å². The number of rotatable bonds is 3. The van der Waals surface area contributed by atoms with Gasteiger partial charge in [0, 0.05) is 24.7 Å². The summed E-state index contributed by atoms with van der Waals surface area (Å²) in [5, 5.41) is 2.45. The third kappa shape index (κ3) is 3.39. The highest BCUT2D eigenvalue weighted by Crippen LogP contribution is 2.30. The van der Waals surface area contributed by atoms with Gasteiger partial charge < -0.3 is 15.2 Å². The highest BCUT2D eigenvalue weighted by molar-refractivity contribution is 6.03. The van der Waals surface area contributed by atoms with E-state index in [9.17, 15) is 23.2 Å². The van der Waals surface area contributed by atoms with Gasteiger partial charge in [0.1, 0.15) is 23.1 Å². The van der Waals surface area contributed by atoms with E-state index in [1.807, 2.05) is 0 Å². The average molecular weight is 348 g/mol. The molecule has 0 saturated carbocycles. The molecule has 2 N–H and O–H groups in total. The van der Waals surface area contributed by atoms with Crippen LogP contribution < -0.4 is 15.9 Å². The summed E-state index contributed by atoms with van der Waals surface area (Å²) >= 11 is 0. The number of aromatic amines is 1. The van der Waals surface area contributed by atoms with E-state index in [1.165, 1.54) is 12.1 Å². The molecular formula is C16H14F2N4O3. The van der Waals surface area contributed by atoms with E-state index in [0.717, 1.165) is 17.0 Å². The normalized spacial score (nSPS) is 17.0. The molecule has 0 unspecified atom stereocenters. The number of para-hydroxylation sites is 1. The fraction of sp³-hybridized carbons (Fsp3) is 0.250. The Hall–Kier alpha value is -3.10. The Balaban J connectivity index is 1.78. The standard InChI is InChI=1S/C16H14F2N4O3/c1-8-5-12(21-16(25)19-8)20-15(24)9-6-13(23)22(7-9)14-10(17)3-2-4-11(14)18/h2-5,9H,6-7H2,1H3,(H2,19,20,21,24,25)/t9-/m1/s1. The zero-order valence-electron chi connectivity index (χ0n) is 13.2. The second-order valence-electron chi connectivity index (χ2n) is 5.72. The van der Waals surface area contributed by atoms with Crippen molar-refractivity contribution in [2.75, 3.05) is 16.8 Å². The van der Waals surface area contributed by atoms with Crippen molar-refractivity contribution in [2.24, 2.45) is 5.92 Å². The Morgan fingerprint density at radius 1 is 1.32 bits per heavy atom. The molecule has 2 aromatic rings. The van der Waals surface area contributed by atoms with Crippen molar-refractivity contribution in [1.29, 1.82) is 0 Å². The number of carbonyl (C=O) groups is 2. The molecule has 0 radical (unpaired) electrons. The molecular weight excluding hydrogens is 334 g/mol. The van der Waals surface area contributed by atoms with Crippen molar-refractivity contribution >= 4 is 23.3 Å². The summed E-state index contributed by atoms with van der Waals surface area (Å²) in [5.74, 6) is -3.62. The van der Waals surface area contributed by atoms with Crippen molar-refractivity contribution in [3.05, 3.63) is 52.1 Å². The highest BCUT2D eigenvalue weighted by Gasteiger charge is 2.37. The fourth-order valence-electron chi connectivity index (χ4n) is 2.72. The summed E-state index contributed by atoms with van der Waals surface area (Å²) in [6, 6.07) is 4.74. The predicted octanol–water partition coefficient (Wildman–Crippen LogP) is 1.35. The number of hydrogen-bond donors (Lipinski definition) is 2. The smallest absolute Gasteiger partial charge is 0.310 e. The van der Waals surface area contributed by atoms with Crippen molar-refractivity contribution < 1.29 is 18.4 Å². The van der Waals surface area contributed by atoms with Crippen LogP contribution in [0.15, 0.2) is 29.1 Å². The highest BCUT2D eigenvalue weighted by atomic mass is 19.1. The van der Waals surface area contributed by atoms with E-state index in [2.05, 4.69) is 15.3 Å². The maximum atomic E-state index is 13.9. The van der Waals surface area contributed by atoms with Crippen LogP contribution in [0.25, 0.3) is 0 Å². The summed E-state index contributed by atoms with van der Waals surface area (Å²) in [6.07, 6.45) is -0.193. The first-order valence-electron chi connectivity index (χ1n) is 7.48. The molecule has 1 aromatic heterocycles. The third-order valence-corrected chi connectivity index (χ3v) is 3.83. The Labute approximate surface area is 140 Å². The maximum Gasteiger partial charge on any atom is 0.347 e. The van der Waals surface area contributed by atoms with Gasteiger partial charge in [0.05, 0.1) is 5.92 Å². The van der Waals surface area contributed by atoms with Crippen molar-refractivity contribution in [3.8, 4) is 0 Å². The third-order valence-electron chi connectivity index (χ3n) is 3.83.